The van der Waals surface area contributed by atoms with Crippen LogP contribution in [0.4, 0.5) is 0 Å². The zero-order chi connectivity index (χ0) is 16.3. The van der Waals surface area contributed by atoms with Crippen molar-refractivity contribution in [2.24, 2.45) is 0 Å². The van der Waals surface area contributed by atoms with Crippen molar-refractivity contribution < 1.29 is 13.5 Å². The van der Waals surface area contributed by atoms with Gasteiger partial charge in [-0.2, -0.15) is 4.31 Å². The number of rotatable bonds is 6. The van der Waals surface area contributed by atoms with Gasteiger partial charge in [0.2, 0.25) is 0 Å². The summed E-state index contributed by atoms with van der Waals surface area (Å²) in [5.41, 5.74) is 1.86. The Kier molecular flexibility index (Phi) is 5.39. The minimum atomic E-state index is -3.57. The van der Waals surface area contributed by atoms with Crippen LogP contribution in [-0.4, -0.2) is 31.5 Å². The average Bonchev–Trinajstić information content (AvgIpc) is 2.85. The maximum Gasteiger partial charge on any atom is 0.252 e. The molecule has 0 fully saturated rings. The molecule has 4 nitrogen and oxygen atoms in total. The summed E-state index contributed by atoms with van der Waals surface area (Å²) in [5.74, 6) is 0. The largest absolute Gasteiger partial charge is 0.396 e. The molecule has 0 amide bonds. The van der Waals surface area contributed by atoms with Crippen LogP contribution in [0.2, 0.25) is 0 Å². The monoisotopic (exact) mass is 339 g/mol. The van der Waals surface area contributed by atoms with Crippen LogP contribution in [-0.2, 0) is 10.0 Å². The molecule has 6 heteroatoms. The molecule has 0 aliphatic carbocycles. The lowest BCUT2D eigenvalue weighted by molar-refractivity contribution is 0.240. The van der Waals surface area contributed by atoms with Gasteiger partial charge in [0.25, 0.3) is 10.0 Å². The second-order valence-corrected chi connectivity index (χ2v) is 8.75. The second kappa shape index (κ2) is 6.91. The van der Waals surface area contributed by atoms with E-state index in [2.05, 4.69) is 0 Å². The minimum absolute atomic E-state index is 0.0675. The van der Waals surface area contributed by atoms with Gasteiger partial charge in [-0.1, -0.05) is 30.3 Å². The number of sulfonamides is 1. The van der Waals surface area contributed by atoms with Crippen LogP contribution in [0, 0.1) is 13.8 Å². The van der Waals surface area contributed by atoms with E-state index < -0.39 is 10.0 Å². The van der Waals surface area contributed by atoms with Crippen molar-refractivity contribution in [1.82, 2.24) is 4.31 Å². The van der Waals surface area contributed by atoms with Crippen molar-refractivity contribution in [3.63, 3.8) is 0 Å². The molecule has 1 N–H and O–H groups in total. The van der Waals surface area contributed by atoms with E-state index in [1.807, 2.05) is 44.2 Å². The number of aliphatic hydroxyl groups excluding tert-OH is 1. The third-order valence-corrected chi connectivity index (χ3v) is 7.27. The highest BCUT2D eigenvalue weighted by molar-refractivity contribution is 7.91. The van der Waals surface area contributed by atoms with Crippen LogP contribution in [0.1, 0.15) is 28.5 Å². The van der Waals surface area contributed by atoms with Gasteiger partial charge in [0.15, 0.2) is 0 Å². The third-order valence-electron chi connectivity index (χ3n) is 3.80. The predicted molar refractivity (Wildman–Crippen MR) is 89.6 cm³/mol. The molecule has 1 aromatic heterocycles. The van der Waals surface area contributed by atoms with E-state index in [-0.39, 0.29) is 12.6 Å². The van der Waals surface area contributed by atoms with Gasteiger partial charge in [-0.05, 0) is 37.5 Å². The SMILES string of the molecule is Cc1cc(S(=O)(=O)N(C)C(CCO)c2ccccc2)sc1C. The molecule has 2 rings (SSSR count). The normalized spacial score (nSPS) is 13.5. The van der Waals surface area contributed by atoms with Crippen molar-refractivity contribution in [1.29, 1.82) is 0 Å². The third kappa shape index (κ3) is 3.41. The van der Waals surface area contributed by atoms with Gasteiger partial charge in [-0.15, -0.1) is 11.3 Å². The van der Waals surface area contributed by atoms with E-state index in [1.54, 1.807) is 13.1 Å². The fourth-order valence-electron chi connectivity index (χ4n) is 2.33. The number of hydrogen-bond donors (Lipinski definition) is 1. The molecule has 0 saturated carbocycles. The van der Waals surface area contributed by atoms with E-state index >= 15 is 0 Å². The molecule has 1 heterocycles. The smallest absolute Gasteiger partial charge is 0.252 e. The first-order valence-electron chi connectivity index (χ1n) is 7.08. The van der Waals surface area contributed by atoms with Gasteiger partial charge in [0, 0.05) is 18.5 Å². The predicted octanol–water partition coefficient (Wildman–Crippen LogP) is 3.11. The van der Waals surface area contributed by atoms with Crippen molar-refractivity contribution in [2.75, 3.05) is 13.7 Å². The summed E-state index contributed by atoms with van der Waals surface area (Å²) in [7, 11) is -1.99. The lowest BCUT2D eigenvalue weighted by Gasteiger charge is -2.27. The van der Waals surface area contributed by atoms with Crippen LogP contribution >= 0.6 is 11.3 Å². The fourth-order valence-corrected chi connectivity index (χ4v) is 5.41. The van der Waals surface area contributed by atoms with Crippen LogP contribution in [0.5, 0.6) is 0 Å². The van der Waals surface area contributed by atoms with E-state index in [0.717, 1.165) is 16.0 Å². The molecule has 1 unspecified atom stereocenters. The Labute approximate surface area is 136 Å². The van der Waals surface area contributed by atoms with Crippen molar-refractivity contribution >= 4 is 21.4 Å². The Balaban J connectivity index is 2.39. The van der Waals surface area contributed by atoms with Gasteiger partial charge in [0.05, 0.1) is 6.04 Å². The molecule has 0 aliphatic heterocycles. The number of benzene rings is 1. The summed E-state index contributed by atoms with van der Waals surface area (Å²) >= 11 is 1.29. The van der Waals surface area contributed by atoms with Crippen LogP contribution < -0.4 is 0 Å². The average molecular weight is 339 g/mol. The summed E-state index contributed by atoms with van der Waals surface area (Å²) in [4.78, 5) is 1.00. The van der Waals surface area contributed by atoms with Gasteiger partial charge in [-0.25, -0.2) is 8.42 Å². The highest BCUT2D eigenvalue weighted by atomic mass is 32.2. The van der Waals surface area contributed by atoms with Gasteiger partial charge in [0.1, 0.15) is 4.21 Å². The maximum absolute atomic E-state index is 12.8. The highest BCUT2D eigenvalue weighted by Crippen LogP contribution is 2.32. The number of aryl methyl sites for hydroxylation is 2. The number of thiophene rings is 1. The Hall–Kier alpha value is -1.21. The number of aliphatic hydroxyl groups is 1. The molecule has 0 bridgehead atoms. The molecule has 0 saturated heterocycles. The second-order valence-electron chi connectivity index (χ2n) is 5.26. The lowest BCUT2D eigenvalue weighted by Crippen LogP contribution is -2.31. The molecule has 0 radical (unpaired) electrons. The van der Waals surface area contributed by atoms with E-state index in [1.165, 1.54) is 15.6 Å². The molecule has 1 atom stereocenters. The fraction of sp³-hybridized carbons (Fsp3) is 0.375. The summed E-state index contributed by atoms with van der Waals surface area (Å²) in [6.07, 6.45) is 0.364. The molecule has 0 spiro atoms. The number of nitrogens with zero attached hydrogens (tertiary/aromatic N) is 1. The first-order valence-corrected chi connectivity index (χ1v) is 9.34. The van der Waals surface area contributed by atoms with Gasteiger partial charge < -0.3 is 5.11 Å². The molecule has 120 valence electrons. The lowest BCUT2D eigenvalue weighted by atomic mass is 10.0. The Morgan fingerprint density at radius 1 is 1.23 bits per heavy atom. The van der Waals surface area contributed by atoms with E-state index in [9.17, 15) is 13.5 Å². The summed E-state index contributed by atoms with van der Waals surface area (Å²) in [5, 5.41) is 9.31. The van der Waals surface area contributed by atoms with Crippen molar-refractivity contribution in [2.45, 2.75) is 30.5 Å². The summed E-state index contributed by atoms with van der Waals surface area (Å²) < 4.78 is 27.4. The summed E-state index contributed by atoms with van der Waals surface area (Å²) in [6.45, 7) is 3.76. The Morgan fingerprint density at radius 3 is 2.36 bits per heavy atom. The zero-order valence-electron chi connectivity index (χ0n) is 13.0. The Morgan fingerprint density at radius 2 is 1.86 bits per heavy atom. The maximum atomic E-state index is 12.8. The highest BCUT2D eigenvalue weighted by Gasteiger charge is 2.30. The zero-order valence-corrected chi connectivity index (χ0v) is 14.6. The molecule has 2 aromatic rings. The van der Waals surface area contributed by atoms with E-state index in [4.69, 9.17) is 0 Å². The standard InChI is InChI=1S/C16H21NO3S2/c1-12-11-16(21-13(12)2)22(19,20)17(3)15(9-10-18)14-7-5-4-6-8-14/h4-8,11,15,18H,9-10H2,1-3H3. The van der Waals surface area contributed by atoms with Crippen LogP contribution in [0.3, 0.4) is 0 Å². The number of hydrogen-bond acceptors (Lipinski definition) is 4. The topological polar surface area (TPSA) is 57.6 Å². The molecular weight excluding hydrogens is 318 g/mol. The minimum Gasteiger partial charge on any atom is -0.396 e. The molecule has 22 heavy (non-hydrogen) atoms. The first kappa shape index (κ1) is 17.1. The van der Waals surface area contributed by atoms with Gasteiger partial charge in [-0.3, -0.25) is 0 Å². The molecule has 1 aromatic carbocycles. The van der Waals surface area contributed by atoms with Crippen molar-refractivity contribution in [3.8, 4) is 0 Å². The van der Waals surface area contributed by atoms with Crippen molar-refractivity contribution in [3.05, 3.63) is 52.4 Å². The molecule has 0 aliphatic rings. The first-order chi connectivity index (χ1) is 10.4. The molecular formula is C16H21NO3S2. The quantitative estimate of drug-likeness (QED) is 0.880. The van der Waals surface area contributed by atoms with Crippen LogP contribution in [0.25, 0.3) is 0 Å². The van der Waals surface area contributed by atoms with Gasteiger partial charge >= 0.3 is 0 Å². The summed E-state index contributed by atoms with van der Waals surface area (Å²) in [6, 6.07) is 10.7. The van der Waals surface area contributed by atoms with E-state index in [0.29, 0.717) is 10.6 Å². The van der Waals surface area contributed by atoms with Crippen LogP contribution in [0.15, 0.2) is 40.6 Å². The Bertz CT molecular complexity index is 704.